The van der Waals surface area contributed by atoms with Crippen molar-refractivity contribution in [3.05, 3.63) is 35.4 Å². The van der Waals surface area contributed by atoms with Gasteiger partial charge in [-0.1, -0.05) is 12.1 Å². The maximum atomic E-state index is 12.9. The van der Waals surface area contributed by atoms with Crippen LogP contribution in [-0.2, 0) is 25.5 Å². The molecule has 6 rings (SSSR count). The van der Waals surface area contributed by atoms with Crippen LogP contribution in [0.4, 0.5) is 4.79 Å². The number of nitrogens with one attached hydrogen (secondary N) is 5. The van der Waals surface area contributed by atoms with Crippen molar-refractivity contribution in [3.63, 3.8) is 0 Å². The maximum Gasteiger partial charge on any atom is 0.407 e. The Labute approximate surface area is 253 Å². The average Bonchev–Trinajstić information content (AvgIpc) is 2.97. The van der Waals surface area contributed by atoms with E-state index < -0.39 is 18.1 Å². The van der Waals surface area contributed by atoms with E-state index in [2.05, 4.69) is 26.3 Å². The van der Waals surface area contributed by atoms with Crippen LogP contribution in [0.5, 0.6) is 0 Å². The molecule has 43 heavy (non-hydrogen) atoms. The number of aryl methyl sites for hydroxylation is 1. The van der Waals surface area contributed by atoms with Crippen molar-refractivity contribution >= 4 is 29.8 Å². The minimum Gasteiger partial charge on any atom is -0.461 e. The van der Waals surface area contributed by atoms with Gasteiger partial charge in [-0.05, 0) is 94.2 Å². The first-order valence-corrected chi connectivity index (χ1v) is 15.8. The van der Waals surface area contributed by atoms with Gasteiger partial charge in [0.2, 0.25) is 0 Å². The predicted molar refractivity (Wildman–Crippen MR) is 159 cm³/mol. The molecule has 11 nitrogen and oxygen atoms in total. The van der Waals surface area contributed by atoms with Crippen LogP contribution in [0, 0.1) is 23.2 Å². The van der Waals surface area contributed by atoms with Gasteiger partial charge in [-0.3, -0.25) is 19.9 Å². The summed E-state index contributed by atoms with van der Waals surface area (Å²) in [6.45, 7) is 5.34. The number of ether oxygens (including phenoxy) is 2. The largest absolute Gasteiger partial charge is 0.461 e. The van der Waals surface area contributed by atoms with Gasteiger partial charge in [0.15, 0.2) is 0 Å². The average molecular weight is 597 g/mol. The minimum atomic E-state index is -1.08. The molecule has 0 radical (unpaired) electrons. The normalized spacial score (nSPS) is 26.1. The zero-order chi connectivity index (χ0) is 30.4. The van der Waals surface area contributed by atoms with Crippen LogP contribution in [0.3, 0.4) is 0 Å². The van der Waals surface area contributed by atoms with Crippen LogP contribution in [0.15, 0.2) is 24.3 Å². The Bertz CT molecular complexity index is 1180. The van der Waals surface area contributed by atoms with Gasteiger partial charge in [-0.25, -0.2) is 14.9 Å². The molecule has 0 aromatic heterocycles. The fourth-order valence-electron chi connectivity index (χ4n) is 7.62. The number of carbonyl (C=O) groups is 4. The summed E-state index contributed by atoms with van der Waals surface area (Å²) in [6.07, 6.45) is 8.06. The second kappa shape index (κ2) is 13.8. The molecule has 3 amide bonds. The van der Waals surface area contributed by atoms with Crippen LogP contribution in [-0.4, -0.2) is 68.2 Å². The monoisotopic (exact) mass is 596 g/mol. The van der Waals surface area contributed by atoms with Crippen molar-refractivity contribution < 1.29 is 33.6 Å². The molecule has 1 heterocycles. The van der Waals surface area contributed by atoms with Gasteiger partial charge in [0.1, 0.15) is 6.04 Å². The van der Waals surface area contributed by atoms with Crippen molar-refractivity contribution in [2.24, 2.45) is 23.2 Å². The lowest BCUT2D eigenvalue weighted by atomic mass is 9.50. The van der Waals surface area contributed by atoms with E-state index >= 15 is 0 Å². The summed E-state index contributed by atoms with van der Waals surface area (Å²) < 4.78 is 11.0. The number of alkyl carbamates (subject to hydrolysis) is 1. The molecule has 1 aromatic carbocycles. The predicted octanol–water partition coefficient (Wildman–Crippen LogP) is 1.16. The number of rotatable bonds is 11. The van der Waals surface area contributed by atoms with Crippen LogP contribution < -0.4 is 26.3 Å². The fourth-order valence-corrected chi connectivity index (χ4v) is 7.62. The van der Waals surface area contributed by atoms with Crippen LogP contribution in [0.25, 0.3) is 0 Å². The van der Waals surface area contributed by atoms with E-state index in [0.29, 0.717) is 31.0 Å². The van der Waals surface area contributed by atoms with E-state index in [0.717, 1.165) is 62.1 Å². The molecule has 0 unspecified atom stereocenters. The zero-order valence-electron chi connectivity index (χ0n) is 25.3. The van der Waals surface area contributed by atoms with Crippen molar-refractivity contribution in [2.45, 2.75) is 83.8 Å². The van der Waals surface area contributed by atoms with E-state index in [-0.39, 0.29) is 29.9 Å². The Balaban J connectivity index is 1.09. The summed E-state index contributed by atoms with van der Waals surface area (Å²) in [5.41, 5.74) is 1.38. The SMILES string of the molecule is CC(C)OC(=O)[C@H](CNC(=O)c1ccc(CCC(=O)NC2=[NH+]CCCN2)cc1)NC(=O)OCC12CC3CC(CC(C3)C1)C2. The molecule has 11 heteroatoms. The highest BCUT2D eigenvalue weighted by Crippen LogP contribution is 2.60. The topological polar surface area (TPSA) is 149 Å². The number of hydrogen-bond donors (Lipinski definition) is 5. The molecule has 0 spiro atoms. The Morgan fingerprint density at radius 3 is 2.30 bits per heavy atom. The van der Waals surface area contributed by atoms with Crippen LogP contribution in [0.2, 0.25) is 0 Å². The highest BCUT2D eigenvalue weighted by molar-refractivity contribution is 5.95. The second-order valence-corrected chi connectivity index (χ2v) is 13.2. The summed E-state index contributed by atoms with van der Waals surface area (Å²) in [5, 5.41) is 11.3. The molecule has 5 N–H and O–H groups in total. The van der Waals surface area contributed by atoms with Gasteiger partial charge in [-0.15, -0.1) is 0 Å². The first-order chi connectivity index (χ1) is 20.7. The number of guanidine groups is 1. The highest BCUT2D eigenvalue weighted by Gasteiger charge is 2.51. The van der Waals surface area contributed by atoms with Gasteiger partial charge in [0, 0.05) is 30.4 Å². The van der Waals surface area contributed by atoms with E-state index in [1.807, 2.05) is 0 Å². The number of esters is 1. The third-order valence-corrected chi connectivity index (χ3v) is 9.15. The molecule has 1 atom stereocenters. The minimum absolute atomic E-state index is 0.0625. The lowest BCUT2D eigenvalue weighted by Gasteiger charge is -2.56. The molecule has 1 aromatic rings. The van der Waals surface area contributed by atoms with E-state index in [4.69, 9.17) is 9.47 Å². The molecule has 4 bridgehead atoms. The standard InChI is InChI=1S/C32H45N5O6/c1-20(2)43-29(40)26(36-31(41)42-19-32-15-22-12-23(16-32)14-24(13-22)17-32)18-35-28(39)25-7-4-21(5-8-25)6-9-27(38)37-30-33-10-3-11-34-30/h4-5,7-8,20,22-24,26H,3,6,9-19H2,1-2H3,(H,35,39)(H,36,41)(H2,33,34,37,38)/p+1/t22?,23?,24?,26-,32?/m0/s1. The summed E-state index contributed by atoms with van der Waals surface area (Å²) >= 11 is 0. The molecule has 1 aliphatic heterocycles. The number of hydrogen-bond acceptors (Lipinski definition) is 7. The molecule has 234 valence electrons. The number of amides is 3. The Morgan fingerprint density at radius 2 is 1.70 bits per heavy atom. The van der Waals surface area contributed by atoms with Crippen molar-refractivity contribution in [2.75, 3.05) is 26.2 Å². The fraction of sp³-hybridized carbons (Fsp3) is 0.656. The van der Waals surface area contributed by atoms with E-state index in [1.54, 1.807) is 38.1 Å². The Kier molecular flexibility index (Phi) is 9.87. The lowest BCUT2D eigenvalue weighted by molar-refractivity contribution is -0.466. The summed E-state index contributed by atoms with van der Waals surface area (Å²) in [6, 6.07) is 5.87. The highest BCUT2D eigenvalue weighted by atomic mass is 16.6. The second-order valence-electron chi connectivity index (χ2n) is 13.2. The third-order valence-electron chi connectivity index (χ3n) is 9.15. The smallest absolute Gasteiger partial charge is 0.407 e. The quantitative estimate of drug-likeness (QED) is 0.241. The summed E-state index contributed by atoms with van der Waals surface area (Å²) in [4.78, 5) is 53.8. The van der Waals surface area contributed by atoms with Gasteiger partial charge < -0.3 is 20.1 Å². The molecule has 4 saturated carbocycles. The summed E-state index contributed by atoms with van der Waals surface area (Å²) in [5.74, 6) is 1.77. The third kappa shape index (κ3) is 8.48. The molecule has 5 aliphatic rings. The van der Waals surface area contributed by atoms with Crippen molar-refractivity contribution in [1.82, 2.24) is 21.3 Å². The molecular weight excluding hydrogens is 550 g/mol. The first-order valence-electron chi connectivity index (χ1n) is 15.8. The summed E-state index contributed by atoms with van der Waals surface area (Å²) in [7, 11) is 0. The number of benzene rings is 1. The zero-order valence-corrected chi connectivity index (χ0v) is 25.3. The van der Waals surface area contributed by atoms with Crippen molar-refractivity contribution in [1.29, 1.82) is 0 Å². The van der Waals surface area contributed by atoms with Crippen LogP contribution >= 0.6 is 0 Å². The lowest BCUT2D eigenvalue weighted by Crippen LogP contribution is -2.82. The molecule has 4 fully saturated rings. The van der Waals surface area contributed by atoms with E-state index in [1.165, 1.54) is 19.3 Å². The van der Waals surface area contributed by atoms with Crippen molar-refractivity contribution in [3.8, 4) is 0 Å². The van der Waals surface area contributed by atoms with Gasteiger partial charge in [0.05, 0.1) is 25.8 Å². The first kappa shape index (κ1) is 30.8. The maximum absolute atomic E-state index is 12.9. The van der Waals surface area contributed by atoms with Gasteiger partial charge in [0.25, 0.3) is 11.8 Å². The number of carbonyl (C=O) groups excluding carboxylic acids is 4. The van der Waals surface area contributed by atoms with E-state index in [9.17, 15) is 19.2 Å². The molecule has 0 saturated heterocycles. The van der Waals surface area contributed by atoms with Gasteiger partial charge in [-0.2, -0.15) is 0 Å². The Hall–Kier alpha value is -3.63. The van der Waals surface area contributed by atoms with Gasteiger partial charge >= 0.3 is 18.0 Å². The van der Waals surface area contributed by atoms with Crippen LogP contribution in [0.1, 0.15) is 81.1 Å². The molecule has 4 aliphatic carbocycles. The Morgan fingerprint density at radius 1 is 1.02 bits per heavy atom. The molecular formula is C32H46N5O6+.